The van der Waals surface area contributed by atoms with Gasteiger partial charge >= 0.3 is 6.18 Å². The largest absolute Gasteiger partial charge is 0.416 e. The van der Waals surface area contributed by atoms with E-state index in [2.05, 4.69) is 5.32 Å². The van der Waals surface area contributed by atoms with Gasteiger partial charge in [-0.2, -0.15) is 13.2 Å². The zero-order valence-corrected chi connectivity index (χ0v) is 21.9. The summed E-state index contributed by atoms with van der Waals surface area (Å²) in [6, 6.07) is 8.30. The molecule has 0 atom stereocenters. The van der Waals surface area contributed by atoms with Gasteiger partial charge in [0.1, 0.15) is 5.67 Å². The molecular weight excluding hydrogens is 544 g/mol. The van der Waals surface area contributed by atoms with E-state index in [9.17, 15) is 22.8 Å². The van der Waals surface area contributed by atoms with Gasteiger partial charge in [0.15, 0.2) is 0 Å². The lowest BCUT2D eigenvalue weighted by Crippen LogP contribution is -2.48. The van der Waals surface area contributed by atoms with Crippen molar-refractivity contribution in [1.29, 1.82) is 5.41 Å². The number of nitrogens with zero attached hydrogens (tertiary/aromatic N) is 2. The number of imide groups is 1. The van der Waals surface area contributed by atoms with Crippen molar-refractivity contribution in [2.24, 2.45) is 0 Å². The van der Waals surface area contributed by atoms with Gasteiger partial charge in [0.25, 0.3) is 11.1 Å². The number of thioether (sulfide) groups is 1. The summed E-state index contributed by atoms with van der Waals surface area (Å²) in [5.41, 5.74) is -1.19. The molecule has 2 amide bonds. The molecule has 2 aliphatic rings. The first-order valence-corrected chi connectivity index (χ1v) is 12.9. The van der Waals surface area contributed by atoms with Crippen LogP contribution in [0.4, 0.5) is 28.0 Å². The summed E-state index contributed by atoms with van der Waals surface area (Å²) in [6.45, 7) is 0.643. The van der Waals surface area contributed by atoms with E-state index in [-0.39, 0.29) is 41.4 Å². The van der Waals surface area contributed by atoms with Crippen molar-refractivity contribution >= 4 is 52.5 Å². The lowest BCUT2D eigenvalue weighted by atomic mass is 9.93. The minimum atomic E-state index is -4.58. The molecule has 0 aromatic heterocycles. The Bertz CT molecular complexity index is 1290. The highest BCUT2D eigenvalue weighted by atomic mass is 35.5. The Morgan fingerprint density at radius 2 is 1.87 bits per heavy atom. The van der Waals surface area contributed by atoms with Gasteiger partial charge in [0.2, 0.25) is 0 Å². The SMILES string of the molecule is CN1CCC(F)(CN2C(=O)S/C(=C\c3ccc(NCc4ccc(Cl)cc4C(F)(F)F)c(C=N)c3)C2=O)CC1. The van der Waals surface area contributed by atoms with E-state index in [1.54, 1.807) is 18.2 Å². The number of alkyl halides is 4. The van der Waals surface area contributed by atoms with Gasteiger partial charge < -0.3 is 15.6 Å². The number of amides is 2. The maximum Gasteiger partial charge on any atom is 0.416 e. The summed E-state index contributed by atoms with van der Waals surface area (Å²) in [7, 11) is 1.89. The van der Waals surface area contributed by atoms with Crippen molar-refractivity contribution in [3.8, 4) is 0 Å². The van der Waals surface area contributed by atoms with Crippen LogP contribution in [0.1, 0.15) is 35.1 Å². The van der Waals surface area contributed by atoms with Crippen LogP contribution < -0.4 is 5.32 Å². The zero-order valence-electron chi connectivity index (χ0n) is 20.4. The highest BCUT2D eigenvalue weighted by molar-refractivity contribution is 8.18. The minimum absolute atomic E-state index is 0.00849. The fourth-order valence-electron chi connectivity index (χ4n) is 4.36. The van der Waals surface area contributed by atoms with E-state index < -0.39 is 28.6 Å². The van der Waals surface area contributed by atoms with Crippen LogP contribution in [0.3, 0.4) is 0 Å². The molecule has 12 heteroatoms. The van der Waals surface area contributed by atoms with Gasteiger partial charge in [-0.25, -0.2) is 4.39 Å². The molecule has 2 N–H and O–H groups in total. The number of likely N-dealkylation sites (tertiary alicyclic amines) is 1. The smallest absolute Gasteiger partial charge is 0.380 e. The van der Waals surface area contributed by atoms with E-state index in [1.165, 1.54) is 18.2 Å². The number of hydrogen-bond acceptors (Lipinski definition) is 6. The van der Waals surface area contributed by atoms with E-state index in [0.29, 0.717) is 29.9 Å². The summed E-state index contributed by atoms with van der Waals surface area (Å²) in [5.74, 6) is -0.572. The molecule has 0 aliphatic carbocycles. The highest BCUT2D eigenvalue weighted by Crippen LogP contribution is 2.37. The Hall–Kier alpha value is -2.89. The Balaban J connectivity index is 1.48. The van der Waals surface area contributed by atoms with Crippen molar-refractivity contribution in [3.63, 3.8) is 0 Å². The Labute approximate surface area is 226 Å². The molecule has 6 nitrogen and oxygen atoms in total. The minimum Gasteiger partial charge on any atom is -0.380 e. The molecule has 2 saturated heterocycles. The third kappa shape index (κ3) is 6.39. The van der Waals surface area contributed by atoms with Crippen molar-refractivity contribution < 1.29 is 27.2 Å². The molecule has 2 heterocycles. The summed E-state index contributed by atoms with van der Waals surface area (Å²) >= 11 is 6.46. The van der Waals surface area contributed by atoms with Gasteiger partial charge in [-0.05, 0) is 73.1 Å². The predicted molar refractivity (Wildman–Crippen MR) is 141 cm³/mol. The molecule has 0 spiro atoms. The van der Waals surface area contributed by atoms with E-state index in [0.717, 1.165) is 28.9 Å². The van der Waals surface area contributed by atoms with Crippen LogP contribution in [-0.2, 0) is 17.5 Å². The summed E-state index contributed by atoms with van der Waals surface area (Å²) in [6.07, 6.45) is -1.58. The van der Waals surface area contributed by atoms with Gasteiger partial charge in [-0.3, -0.25) is 14.5 Å². The van der Waals surface area contributed by atoms with Gasteiger partial charge in [0, 0.05) is 42.1 Å². The topological polar surface area (TPSA) is 76.5 Å². The third-order valence-electron chi connectivity index (χ3n) is 6.57. The molecule has 0 saturated carbocycles. The van der Waals surface area contributed by atoms with E-state index in [4.69, 9.17) is 17.0 Å². The van der Waals surface area contributed by atoms with Crippen LogP contribution in [0.15, 0.2) is 41.3 Å². The average molecular weight is 569 g/mol. The number of carbonyl (C=O) groups is 2. The third-order valence-corrected chi connectivity index (χ3v) is 7.72. The molecular formula is C26H25ClF4N4O2S. The van der Waals surface area contributed by atoms with E-state index in [1.807, 2.05) is 11.9 Å². The van der Waals surface area contributed by atoms with Crippen molar-refractivity contribution in [3.05, 3.63) is 68.6 Å². The zero-order chi connectivity index (χ0) is 27.7. The number of halogens is 5. The second kappa shape index (κ2) is 11.1. The van der Waals surface area contributed by atoms with Gasteiger partial charge in [0.05, 0.1) is 17.0 Å². The van der Waals surface area contributed by atoms with Crippen molar-refractivity contribution in [1.82, 2.24) is 9.80 Å². The second-order valence-electron chi connectivity index (χ2n) is 9.37. The van der Waals surface area contributed by atoms with Crippen molar-refractivity contribution in [2.45, 2.75) is 31.2 Å². The Morgan fingerprint density at radius 3 is 2.53 bits per heavy atom. The molecule has 2 aliphatic heterocycles. The summed E-state index contributed by atoms with van der Waals surface area (Å²) < 4.78 is 55.4. The standard InChI is InChI=1S/C26H25ClF4N4O2S/c1-34-8-6-25(28,7-9-34)15-35-23(36)22(38-24(35)37)11-16-2-5-21(18(10-16)13-32)33-14-17-3-4-19(27)12-20(17)26(29,30)31/h2-5,10-13,32-33H,6-9,14-15H2,1H3/b22-11-,32-13?. The number of rotatable bonds is 7. The number of carbonyl (C=O) groups excluding carboxylic acids is 2. The fourth-order valence-corrected chi connectivity index (χ4v) is 5.37. The van der Waals surface area contributed by atoms with E-state index >= 15 is 4.39 Å². The molecule has 0 bridgehead atoms. The molecule has 2 aromatic rings. The molecule has 4 rings (SSSR count). The lowest BCUT2D eigenvalue weighted by Gasteiger charge is -2.36. The van der Waals surface area contributed by atoms with Gasteiger partial charge in [-0.15, -0.1) is 0 Å². The summed E-state index contributed by atoms with van der Waals surface area (Å²) in [5, 5.41) is 10.1. The summed E-state index contributed by atoms with van der Waals surface area (Å²) in [4.78, 5) is 28.5. The quantitative estimate of drug-likeness (QED) is 0.228. The van der Waals surface area contributed by atoms with Crippen LogP contribution in [0.2, 0.25) is 5.02 Å². The van der Waals surface area contributed by atoms with Gasteiger partial charge in [-0.1, -0.05) is 23.7 Å². The normalized spacial score (nSPS) is 19.3. The molecule has 0 radical (unpaired) electrons. The molecule has 2 aromatic carbocycles. The van der Waals surface area contributed by atoms with Crippen LogP contribution in [0.5, 0.6) is 0 Å². The van der Waals surface area contributed by atoms with Crippen LogP contribution in [0, 0.1) is 5.41 Å². The monoisotopic (exact) mass is 568 g/mol. The number of piperidine rings is 1. The maximum absolute atomic E-state index is 15.2. The Kier molecular flexibility index (Phi) is 8.20. The molecule has 0 unspecified atom stereocenters. The van der Waals surface area contributed by atoms with Crippen molar-refractivity contribution in [2.75, 3.05) is 32.0 Å². The first kappa shape index (κ1) is 28.1. The second-order valence-corrected chi connectivity index (χ2v) is 10.8. The first-order valence-electron chi connectivity index (χ1n) is 11.8. The predicted octanol–water partition coefficient (Wildman–Crippen LogP) is 6.44. The van der Waals surface area contributed by atoms with Crippen LogP contribution in [0.25, 0.3) is 6.08 Å². The lowest BCUT2D eigenvalue weighted by molar-refractivity contribution is -0.138. The Morgan fingerprint density at radius 1 is 1.16 bits per heavy atom. The average Bonchev–Trinajstić information content (AvgIpc) is 3.12. The fraction of sp³-hybridized carbons (Fsp3) is 0.346. The van der Waals surface area contributed by atoms with Crippen LogP contribution >= 0.6 is 23.4 Å². The molecule has 38 heavy (non-hydrogen) atoms. The number of nitrogens with one attached hydrogen (secondary N) is 2. The first-order chi connectivity index (χ1) is 17.9. The molecule has 2 fully saturated rings. The maximum atomic E-state index is 15.2. The van der Waals surface area contributed by atoms with Crippen LogP contribution in [-0.4, -0.2) is 59.5 Å². The number of anilines is 1. The number of benzene rings is 2. The molecule has 202 valence electrons. The highest BCUT2D eigenvalue weighted by Gasteiger charge is 2.43. The number of hydrogen-bond donors (Lipinski definition) is 2.